The van der Waals surface area contributed by atoms with Crippen LogP contribution in [0, 0.1) is 0 Å². The molecule has 1 aromatic rings. The first-order valence-corrected chi connectivity index (χ1v) is 7.05. The molecule has 1 rings (SSSR count). The van der Waals surface area contributed by atoms with E-state index in [2.05, 4.69) is 20.8 Å². The fourth-order valence-electron chi connectivity index (χ4n) is 2.58. The number of carbonyl (C=O) groups excluding carboxylic acids is 1. The lowest BCUT2D eigenvalue weighted by atomic mass is 9.84. The molecule has 0 radical (unpaired) electrons. The molecule has 0 heterocycles. The summed E-state index contributed by atoms with van der Waals surface area (Å²) in [5, 5.41) is 0.743. The lowest BCUT2D eigenvalue weighted by molar-refractivity contribution is 0.0998. The van der Waals surface area contributed by atoms with Gasteiger partial charge in [0.05, 0.1) is 0 Å². The Morgan fingerprint density at radius 2 is 2.00 bits per heavy atom. The molecule has 0 fully saturated rings. The number of hydrogen-bond donors (Lipinski definition) is 1. The van der Waals surface area contributed by atoms with Crippen molar-refractivity contribution in [2.75, 3.05) is 0 Å². The third-order valence-corrected chi connectivity index (χ3v) is 3.81. The van der Waals surface area contributed by atoms with Crippen LogP contribution in [-0.4, -0.2) is 5.91 Å². The quantitative estimate of drug-likeness (QED) is 0.821. The van der Waals surface area contributed by atoms with Crippen molar-refractivity contribution >= 4 is 17.5 Å². The van der Waals surface area contributed by atoms with Crippen molar-refractivity contribution in [1.29, 1.82) is 0 Å². The molecule has 100 valence electrons. The highest BCUT2D eigenvalue weighted by Crippen LogP contribution is 2.34. The zero-order valence-corrected chi connectivity index (χ0v) is 12.2. The van der Waals surface area contributed by atoms with Gasteiger partial charge in [0, 0.05) is 10.6 Å². The fraction of sp³-hybridized carbons (Fsp3) is 0.533. The molecule has 0 spiro atoms. The van der Waals surface area contributed by atoms with E-state index in [0.717, 1.165) is 41.8 Å². The van der Waals surface area contributed by atoms with Crippen LogP contribution in [0.5, 0.6) is 0 Å². The average molecular weight is 268 g/mol. The van der Waals surface area contributed by atoms with Crippen LogP contribution in [0.3, 0.4) is 0 Å². The molecule has 0 aliphatic rings. The van der Waals surface area contributed by atoms with E-state index in [1.165, 1.54) is 0 Å². The van der Waals surface area contributed by atoms with Crippen LogP contribution in [-0.2, 0) is 6.42 Å². The Morgan fingerprint density at radius 3 is 2.44 bits per heavy atom. The van der Waals surface area contributed by atoms with Crippen molar-refractivity contribution in [3.63, 3.8) is 0 Å². The first-order chi connectivity index (χ1) is 8.56. The van der Waals surface area contributed by atoms with Gasteiger partial charge in [-0.3, -0.25) is 4.79 Å². The number of nitrogens with two attached hydrogens (primary N) is 1. The maximum atomic E-state index is 11.6. The molecular weight excluding hydrogens is 246 g/mol. The van der Waals surface area contributed by atoms with Gasteiger partial charge in [-0.05, 0) is 48.4 Å². The molecule has 3 heteroatoms. The molecular formula is C15H22ClNO. The van der Waals surface area contributed by atoms with Crippen molar-refractivity contribution < 1.29 is 4.79 Å². The Hall–Kier alpha value is -1.02. The topological polar surface area (TPSA) is 43.1 Å². The number of rotatable bonds is 6. The van der Waals surface area contributed by atoms with Gasteiger partial charge in [-0.1, -0.05) is 38.8 Å². The molecule has 0 aromatic heterocycles. The minimum absolute atomic E-state index is 0.356. The van der Waals surface area contributed by atoms with E-state index in [1.54, 1.807) is 12.1 Å². The molecule has 1 aromatic carbocycles. The van der Waals surface area contributed by atoms with Gasteiger partial charge in [-0.2, -0.15) is 0 Å². The van der Waals surface area contributed by atoms with Crippen LogP contribution in [0.2, 0.25) is 5.02 Å². The van der Waals surface area contributed by atoms with Crippen LogP contribution >= 0.6 is 11.6 Å². The van der Waals surface area contributed by atoms with E-state index in [-0.39, 0.29) is 5.91 Å². The van der Waals surface area contributed by atoms with Gasteiger partial charge in [0.15, 0.2) is 0 Å². The van der Waals surface area contributed by atoms with E-state index >= 15 is 0 Å². The third kappa shape index (κ3) is 3.05. The summed E-state index contributed by atoms with van der Waals surface area (Å²) < 4.78 is 0. The lowest BCUT2D eigenvalue weighted by Crippen LogP contribution is -2.17. The summed E-state index contributed by atoms with van der Waals surface area (Å²) in [6.45, 7) is 6.36. The van der Waals surface area contributed by atoms with Crippen molar-refractivity contribution in [1.82, 2.24) is 0 Å². The van der Waals surface area contributed by atoms with Gasteiger partial charge < -0.3 is 5.73 Å². The highest BCUT2D eigenvalue weighted by atomic mass is 35.5. The molecule has 2 N–H and O–H groups in total. The third-order valence-electron chi connectivity index (χ3n) is 3.46. The van der Waals surface area contributed by atoms with E-state index in [9.17, 15) is 4.79 Å². The highest BCUT2D eigenvalue weighted by molar-refractivity contribution is 6.31. The molecule has 1 atom stereocenters. The summed E-state index contributed by atoms with van der Waals surface area (Å²) in [7, 11) is 0. The molecule has 0 bridgehead atoms. The number of amides is 1. The Morgan fingerprint density at radius 1 is 1.33 bits per heavy atom. The van der Waals surface area contributed by atoms with Gasteiger partial charge in [-0.25, -0.2) is 0 Å². The van der Waals surface area contributed by atoms with Gasteiger partial charge in [-0.15, -0.1) is 0 Å². The van der Waals surface area contributed by atoms with Crippen LogP contribution in [0.4, 0.5) is 0 Å². The summed E-state index contributed by atoms with van der Waals surface area (Å²) in [5.74, 6) is 0.0112. The molecule has 0 saturated heterocycles. The minimum Gasteiger partial charge on any atom is -0.366 e. The van der Waals surface area contributed by atoms with E-state index < -0.39 is 0 Å². The lowest BCUT2D eigenvalue weighted by Gasteiger charge is -2.22. The first kappa shape index (κ1) is 15.0. The Balaban J connectivity index is 3.43. The van der Waals surface area contributed by atoms with Gasteiger partial charge in [0.25, 0.3) is 0 Å². The molecule has 0 aliphatic heterocycles. The maximum Gasteiger partial charge on any atom is 0.248 e. The van der Waals surface area contributed by atoms with Crippen LogP contribution in [0.1, 0.15) is 67.4 Å². The molecule has 1 unspecified atom stereocenters. The smallest absolute Gasteiger partial charge is 0.248 e. The number of primary amides is 1. The Labute approximate surface area is 115 Å². The van der Waals surface area contributed by atoms with Crippen molar-refractivity contribution in [3.05, 3.63) is 33.8 Å². The summed E-state index contributed by atoms with van der Waals surface area (Å²) in [6.07, 6.45) is 3.98. The van der Waals surface area contributed by atoms with Crippen LogP contribution in [0.25, 0.3) is 0 Å². The monoisotopic (exact) mass is 267 g/mol. The second-order valence-corrected chi connectivity index (χ2v) is 5.01. The highest BCUT2D eigenvalue weighted by Gasteiger charge is 2.21. The van der Waals surface area contributed by atoms with Gasteiger partial charge in [0.1, 0.15) is 0 Å². The summed E-state index contributed by atoms with van der Waals surface area (Å²) in [5.41, 5.74) is 8.28. The largest absolute Gasteiger partial charge is 0.366 e. The molecule has 1 amide bonds. The number of benzene rings is 1. The fourth-order valence-corrected chi connectivity index (χ4v) is 2.88. The van der Waals surface area contributed by atoms with Gasteiger partial charge >= 0.3 is 0 Å². The Kier molecular flexibility index (Phi) is 5.67. The van der Waals surface area contributed by atoms with Crippen LogP contribution in [0.15, 0.2) is 12.1 Å². The summed E-state index contributed by atoms with van der Waals surface area (Å²) >= 11 is 6.26. The zero-order chi connectivity index (χ0) is 13.7. The standard InChI is InChI=1S/C15H22ClNO/c1-4-7-10(5-2)14-11(6-3)13(16)9-8-12(14)15(17)18/h8-10H,4-7H2,1-3H3,(H2,17,18). The Bertz CT molecular complexity index is 429. The zero-order valence-electron chi connectivity index (χ0n) is 11.4. The number of hydrogen-bond acceptors (Lipinski definition) is 1. The van der Waals surface area contributed by atoms with Crippen molar-refractivity contribution in [2.24, 2.45) is 5.73 Å². The van der Waals surface area contributed by atoms with E-state index in [0.29, 0.717) is 11.5 Å². The molecule has 0 aliphatic carbocycles. The second-order valence-electron chi connectivity index (χ2n) is 4.60. The van der Waals surface area contributed by atoms with Crippen molar-refractivity contribution in [2.45, 2.75) is 52.4 Å². The SMILES string of the molecule is CCCC(CC)c1c(C(N)=O)ccc(Cl)c1CC. The maximum absolute atomic E-state index is 11.6. The van der Waals surface area contributed by atoms with Crippen LogP contribution < -0.4 is 5.73 Å². The number of halogens is 1. The second kappa shape index (κ2) is 6.79. The predicted octanol–water partition coefficient (Wildman–Crippen LogP) is 4.30. The van der Waals surface area contributed by atoms with E-state index in [4.69, 9.17) is 17.3 Å². The minimum atomic E-state index is -0.356. The summed E-state index contributed by atoms with van der Waals surface area (Å²) in [4.78, 5) is 11.6. The van der Waals surface area contributed by atoms with Crippen molar-refractivity contribution in [3.8, 4) is 0 Å². The average Bonchev–Trinajstić information content (AvgIpc) is 2.35. The molecule has 18 heavy (non-hydrogen) atoms. The normalized spacial score (nSPS) is 12.4. The van der Waals surface area contributed by atoms with Gasteiger partial charge in [0.2, 0.25) is 5.91 Å². The first-order valence-electron chi connectivity index (χ1n) is 6.67. The molecule has 2 nitrogen and oxygen atoms in total. The van der Waals surface area contributed by atoms with E-state index in [1.807, 2.05) is 0 Å². The summed E-state index contributed by atoms with van der Waals surface area (Å²) in [6, 6.07) is 3.54. The number of carbonyl (C=O) groups is 1. The molecule has 0 saturated carbocycles. The predicted molar refractivity (Wildman–Crippen MR) is 77.3 cm³/mol.